The number of rotatable bonds is 6. The molecule has 1 nitrogen and oxygen atoms in total. The van der Waals surface area contributed by atoms with Crippen molar-refractivity contribution < 1.29 is 35.5 Å². The van der Waals surface area contributed by atoms with Crippen LogP contribution in [0.15, 0.2) is 60.4 Å². The van der Waals surface area contributed by atoms with E-state index in [-0.39, 0.29) is 11.5 Å². The van der Waals surface area contributed by atoms with Crippen molar-refractivity contribution in [3.63, 3.8) is 0 Å². The number of benzene rings is 1. The monoisotopic (exact) mass is 368 g/mol. The normalized spacial score (nSPS) is 14.0. The molecule has 8 heteroatoms. The summed E-state index contributed by atoms with van der Waals surface area (Å²) in [4.78, 5) is 0. The minimum Gasteiger partial charge on any atom is -0.458 e. The Morgan fingerprint density at radius 1 is 0.960 bits per heavy atom. The van der Waals surface area contributed by atoms with Crippen molar-refractivity contribution in [3.05, 3.63) is 66.0 Å². The van der Waals surface area contributed by atoms with Crippen molar-refractivity contribution >= 4 is 0 Å². The molecular weight excluding hydrogens is 353 g/mol. The molecule has 0 radical (unpaired) electrons. The third-order valence-corrected chi connectivity index (χ3v) is 3.20. The summed E-state index contributed by atoms with van der Waals surface area (Å²) in [6.07, 6.45) is -1.43. The number of halogens is 7. The molecule has 0 aliphatic carbocycles. The van der Waals surface area contributed by atoms with Gasteiger partial charge in [0, 0.05) is 5.56 Å². The first-order valence-electron chi connectivity index (χ1n) is 6.93. The maximum Gasteiger partial charge on any atom is 0.460 e. The zero-order valence-electron chi connectivity index (χ0n) is 13.3. The highest BCUT2D eigenvalue weighted by Gasteiger charge is 2.73. The highest BCUT2D eigenvalue weighted by molar-refractivity contribution is 5.33. The lowest BCUT2D eigenvalue weighted by atomic mass is 10.0. The SMILES string of the molecule is C=C(/C=C\C(C)=C/C)Oc1ccc(C(F)(F)C(F)(F)C(F)(F)F)cc1. The molecule has 25 heavy (non-hydrogen) atoms. The second-order valence-corrected chi connectivity index (χ2v) is 5.11. The Morgan fingerprint density at radius 2 is 1.48 bits per heavy atom. The molecule has 0 amide bonds. The van der Waals surface area contributed by atoms with E-state index in [1.165, 1.54) is 6.08 Å². The minimum absolute atomic E-state index is 0.0392. The van der Waals surface area contributed by atoms with Crippen molar-refractivity contribution in [1.29, 1.82) is 0 Å². The van der Waals surface area contributed by atoms with Gasteiger partial charge in [0.2, 0.25) is 0 Å². The summed E-state index contributed by atoms with van der Waals surface area (Å²) in [6.45, 7) is 7.16. The Labute approximate surface area is 140 Å². The van der Waals surface area contributed by atoms with Gasteiger partial charge in [-0.1, -0.05) is 24.3 Å². The maximum absolute atomic E-state index is 13.5. The van der Waals surface area contributed by atoms with Gasteiger partial charge < -0.3 is 4.74 Å². The van der Waals surface area contributed by atoms with Gasteiger partial charge >= 0.3 is 18.0 Å². The van der Waals surface area contributed by atoms with E-state index in [2.05, 4.69) is 6.58 Å². The Balaban J connectivity index is 2.96. The van der Waals surface area contributed by atoms with Crippen LogP contribution in [-0.2, 0) is 5.92 Å². The van der Waals surface area contributed by atoms with E-state index < -0.39 is 23.6 Å². The van der Waals surface area contributed by atoms with Crippen LogP contribution >= 0.6 is 0 Å². The quantitative estimate of drug-likeness (QED) is 0.321. The topological polar surface area (TPSA) is 9.23 Å². The van der Waals surface area contributed by atoms with Crippen LogP contribution in [0.1, 0.15) is 19.4 Å². The molecule has 0 saturated heterocycles. The van der Waals surface area contributed by atoms with Gasteiger partial charge in [-0.25, -0.2) is 0 Å². The average Bonchev–Trinajstić information content (AvgIpc) is 2.51. The molecule has 0 aromatic heterocycles. The Kier molecular flexibility index (Phi) is 6.09. The zero-order chi connectivity index (χ0) is 19.5. The minimum atomic E-state index is -6.38. The molecule has 0 heterocycles. The smallest absolute Gasteiger partial charge is 0.458 e. The molecule has 0 N–H and O–H groups in total. The van der Waals surface area contributed by atoms with Gasteiger partial charge in [-0.3, -0.25) is 0 Å². The molecule has 0 atom stereocenters. The molecule has 138 valence electrons. The van der Waals surface area contributed by atoms with Crippen molar-refractivity contribution in [2.24, 2.45) is 0 Å². The summed E-state index contributed by atoms with van der Waals surface area (Å²) in [5.41, 5.74) is -0.581. The lowest BCUT2D eigenvalue weighted by Crippen LogP contribution is -2.49. The summed E-state index contributed by atoms with van der Waals surface area (Å²) in [6, 6.07) is 2.61. The zero-order valence-corrected chi connectivity index (χ0v) is 13.3. The van der Waals surface area contributed by atoms with Crippen molar-refractivity contribution in [3.8, 4) is 5.75 Å². The first-order chi connectivity index (χ1) is 11.3. The van der Waals surface area contributed by atoms with Gasteiger partial charge in [-0.15, -0.1) is 0 Å². The predicted octanol–water partition coefficient (Wildman–Crippen LogP) is 6.39. The van der Waals surface area contributed by atoms with Gasteiger partial charge in [0.15, 0.2) is 0 Å². The molecule has 1 rings (SSSR count). The van der Waals surface area contributed by atoms with Crippen LogP contribution in [-0.4, -0.2) is 12.1 Å². The lowest BCUT2D eigenvalue weighted by Gasteiger charge is -2.28. The Hall–Kier alpha value is -2.25. The predicted molar refractivity (Wildman–Crippen MR) is 79.7 cm³/mol. The van der Waals surface area contributed by atoms with Crippen LogP contribution in [0, 0.1) is 0 Å². The third kappa shape index (κ3) is 4.64. The molecule has 0 fully saturated rings. The van der Waals surface area contributed by atoms with Crippen molar-refractivity contribution in [2.75, 3.05) is 0 Å². The van der Waals surface area contributed by atoms with Gasteiger partial charge in [0.1, 0.15) is 11.5 Å². The van der Waals surface area contributed by atoms with Crippen LogP contribution in [0.3, 0.4) is 0 Å². The Morgan fingerprint density at radius 3 is 1.92 bits per heavy atom. The highest BCUT2D eigenvalue weighted by atomic mass is 19.4. The van der Waals surface area contributed by atoms with E-state index in [9.17, 15) is 30.7 Å². The molecule has 0 aliphatic heterocycles. The summed E-state index contributed by atoms with van der Waals surface area (Å²) < 4.78 is 94.7. The van der Waals surface area contributed by atoms with E-state index in [0.29, 0.717) is 12.1 Å². The third-order valence-electron chi connectivity index (χ3n) is 3.20. The standard InChI is InChI=1S/C17H15F7O/c1-4-11(2)5-6-12(3)25-14-9-7-13(8-10-14)15(18,19)16(20,21)17(22,23)24/h4-10H,3H2,1-2H3/b6-5-,11-4-. The van der Waals surface area contributed by atoms with Crippen molar-refractivity contribution in [1.82, 2.24) is 0 Å². The van der Waals surface area contributed by atoms with E-state index in [4.69, 9.17) is 4.74 Å². The number of allylic oxidation sites excluding steroid dienone is 4. The molecule has 0 bridgehead atoms. The number of alkyl halides is 7. The fraction of sp³-hybridized carbons (Fsp3) is 0.294. The van der Waals surface area contributed by atoms with E-state index in [0.717, 1.165) is 17.7 Å². The maximum atomic E-state index is 13.5. The van der Waals surface area contributed by atoms with E-state index in [1.807, 2.05) is 13.0 Å². The van der Waals surface area contributed by atoms with Crippen LogP contribution in [0.25, 0.3) is 0 Å². The summed E-state index contributed by atoms with van der Waals surface area (Å²) >= 11 is 0. The van der Waals surface area contributed by atoms with Gasteiger partial charge in [-0.05, 0) is 44.2 Å². The van der Waals surface area contributed by atoms with Crippen LogP contribution in [0.4, 0.5) is 30.7 Å². The molecule has 0 aliphatic rings. The second-order valence-electron chi connectivity index (χ2n) is 5.11. The van der Waals surface area contributed by atoms with Crippen LogP contribution < -0.4 is 4.74 Å². The second kappa shape index (κ2) is 7.33. The lowest BCUT2D eigenvalue weighted by molar-refractivity contribution is -0.359. The fourth-order valence-corrected chi connectivity index (χ4v) is 1.60. The Bertz CT molecular complexity index is 667. The summed E-state index contributed by atoms with van der Waals surface area (Å²) in [7, 11) is 0. The number of ether oxygens (including phenoxy) is 1. The molecular formula is C17H15F7O. The van der Waals surface area contributed by atoms with Gasteiger partial charge in [-0.2, -0.15) is 30.7 Å². The first-order valence-corrected chi connectivity index (χ1v) is 6.93. The molecule has 0 saturated carbocycles. The summed E-state index contributed by atoms with van der Waals surface area (Å²) in [5, 5.41) is 0. The van der Waals surface area contributed by atoms with E-state index in [1.54, 1.807) is 13.0 Å². The number of hydrogen-bond acceptors (Lipinski definition) is 1. The van der Waals surface area contributed by atoms with Gasteiger partial charge in [0.05, 0.1) is 0 Å². The largest absolute Gasteiger partial charge is 0.460 e. The van der Waals surface area contributed by atoms with Crippen LogP contribution in [0.2, 0.25) is 0 Å². The molecule has 1 aromatic carbocycles. The number of hydrogen-bond donors (Lipinski definition) is 0. The highest BCUT2D eigenvalue weighted by Crippen LogP contribution is 2.51. The van der Waals surface area contributed by atoms with E-state index >= 15 is 0 Å². The summed E-state index contributed by atoms with van der Waals surface area (Å²) in [5.74, 6) is -11.5. The molecule has 1 aromatic rings. The van der Waals surface area contributed by atoms with Crippen molar-refractivity contribution in [2.45, 2.75) is 31.9 Å². The molecule has 0 unspecified atom stereocenters. The molecule has 0 spiro atoms. The first kappa shape index (κ1) is 20.8. The fourth-order valence-electron chi connectivity index (χ4n) is 1.60. The van der Waals surface area contributed by atoms with Gasteiger partial charge in [0.25, 0.3) is 0 Å². The van der Waals surface area contributed by atoms with Crippen LogP contribution in [0.5, 0.6) is 5.75 Å². The average molecular weight is 368 g/mol.